The van der Waals surface area contributed by atoms with E-state index < -0.39 is 0 Å². The van der Waals surface area contributed by atoms with E-state index in [1.807, 2.05) is 30.5 Å². The first kappa shape index (κ1) is 11.3. The van der Waals surface area contributed by atoms with E-state index in [1.165, 1.54) is 0 Å². The van der Waals surface area contributed by atoms with Crippen LogP contribution in [0.2, 0.25) is 0 Å². The Morgan fingerprint density at radius 3 is 2.67 bits per heavy atom. The zero-order valence-electron chi connectivity index (χ0n) is 10.2. The van der Waals surface area contributed by atoms with Crippen molar-refractivity contribution >= 4 is 0 Å². The molecule has 2 aromatic heterocycles. The molecule has 2 aromatic rings. The van der Waals surface area contributed by atoms with Gasteiger partial charge in [-0.05, 0) is 44.1 Å². The number of hydrogen-bond acceptors (Lipinski definition) is 4. The van der Waals surface area contributed by atoms with Gasteiger partial charge in [0.15, 0.2) is 5.82 Å². The molecule has 0 spiro atoms. The summed E-state index contributed by atoms with van der Waals surface area (Å²) in [5.41, 5.74) is 1.99. The average molecular weight is 240 g/mol. The molecule has 18 heavy (non-hydrogen) atoms. The summed E-state index contributed by atoms with van der Waals surface area (Å²) < 4.78 is 0. The van der Waals surface area contributed by atoms with Crippen LogP contribution in [0.4, 0.5) is 0 Å². The Morgan fingerprint density at radius 1 is 1.00 bits per heavy atom. The lowest BCUT2D eigenvalue weighted by atomic mass is 9.94. The molecule has 0 aromatic carbocycles. The quantitative estimate of drug-likeness (QED) is 0.872. The normalized spacial score (nSPS) is 16.7. The first-order valence-electron chi connectivity index (χ1n) is 6.38. The third-order valence-corrected chi connectivity index (χ3v) is 3.33. The third-order valence-electron chi connectivity index (χ3n) is 3.33. The highest BCUT2D eigenvalue weighted by Crippen LogP contribution is 2.24. The molecule has 0 amide bonds. The molecule has 0 unspecified atom stereocenters. The van der Waals surface area contributed by atoms with Gasteiger partial charge in [-0.2, -0.15) is 0 Å². The van der Waals surface area contributed by atoms with Gasteiger partial charge in [0.25, 0.3) is 0 Å². The van der Waals surface area contributed by atoms with Crippen molar-refractivity contribution in [1.29, 1.82) is 0 Å². The van der Waals surface area contributed by atoms with Crippen LogP contribution in [0.5, 0.6) is 0 Å². The summed E-state index contributed by atoms with van der Waals surface area (Å²) in [7, 11) is 0. The molecule has 1 saturated heterocycles. The SMILES string of the molecule is c1ccc(-c2nccc(C3CCNCC3)n2)nc1. The minimum atomic E-state index is 0.553. The first-order chi connectivity index (χ1) is 8.93. The largest absolute Gasteiger partial charge is 0.317 e. The van der Waals surface area contributed by atoms with E-state index in [-0.39, 0.29) is 0 Å². The van der Waals surface area contributed by atoms with Gasteiger partial charge in [0.1, 0.15) is 5.69 Å². The van der Waals surface area contributed by atoms with Gasteiger partial charge < -0.3 is 5.32 Å². The standard InChI is InChI=1S/C14H16N4/c1-2-7-16-13(3-1)14-17-10-6-12(18-14)11-4-8-15-9-5-11/h1-3,6-7,10-11,15H,4-5,8-9H2. The molecule has 0 aliphatic carbocycles. The molecule has 4 heteroatoms. The fourth-order valence-electron chi connectivity index (χ4n) is 2.34. The van der Waals surface area contributed by atoms with Gasteiger partial charge in [0.05, 0.1) is 0 Å². The van der Waals surface area contributed by atoms with E-state index in [4.69, 9.17) is 0 Å². The number of nitrogens with zero attached hydrogens (tertiary/aromatic N) is 3. The lowest BCUT2D eigenvalue weighted by Gasteiger charge is -2.22. The van der Waals surface area contributed by atoms with E-state index in [9.17, 15) is 0 Å². The lowest BCUT2D eigenvalue weighted by Crippen LogP contribution is -2.27. The average Bonchev–Trinajstić information content (AvgIpc) is 2.49. The molecule has 0 radical (unpaired) electrons. The van der Waals surface area contributed by atoms with Crippen LogP contribution >= 0.6 is 0 Å². The topological polar surface area (TPSA) is 50.7 Å². The minimum Gasteiger partial charge on any atom is -0.317 e. The van der Waals surface area contributed by atoms with Gasteiger partial charge in [-0.15, -0.1) is 0 Å². The van der Waals surface area contributed by atoms with Crippen LogP contribution in [0.25, 0.3) is 11.5 Å². The van der Waals surface area contributed by atoms with Crippen molar-refractivity contribution in [2.75, 3.05) is 13.1 Å². The Hall–Kier alpha value is -1.81. The van der Waals surface area contributed by atoms with Crippen molar-refractivity contribution in [2.24, 2.45) is 0 Å². The molecule has 4 nitrogen and oxygen atoms in total. The van der Waals surface area contributed by atoms with Crippen molar-refractivity contribution in [1.82, 2.24) is 20.3 Å². The highest BCUT2D eigenvalue weighted by atomic mass is 14.9. The molecule has 1 N–H and O–H groups in total. The van der Waals surface area contributed by atoms with E-state index in [1.54, 1.807) is 6.20 Å². The molecule has 3 heterocycles. The van der Waals surface area contributed by atoms with Crippen molar-refractivity contribution in [3.63, 3.8) is 0 Å². The monoisotopic (exact) mass is 240 g/mol. The summed E-state index contributed by atoms with van der Waals surface area (Å²) in [5, 5.41) is 3.38. The van der Waals surface area contributed by atoms with Crippen LogP contribution in [0.1, 0.15) is 24.5 Å². The molecule has 3 rings (SSSR count). The second-order valence-corrected chi connectivity index (χ2v) is 4.54. The molecule has 0 bridgehead atoms. The second kappa shape index (κ2) is 5.23. The Balaban J connectivity index is 1.89. The van der Waals surface area contributed by atoms with Gasteiger partial charge in [-0.25, -0.2) is 9.97 Å². The van der Waals surface area contributed by atoms with Crippen LogP contribution in [0.15, 0.2) is 36.7 Å². The number of rotatable bonds is 2. The van der Waals surface area contributed by atoms with Gasteiger partial charge >= 0.3 is 0 Å². The van der Waals surface area contributed by atoms with E-state index in [2.05, 4.69) is 20.3 Å². The molecule has 92 valence electrons. The minimum absolute atomic E-state index is 0.553. The summed E-state index contributed by atoms with van der Waals surface area (Å²) in [6.45, 7) is 2.15. The zero-order chi connectivity index (χ0) is 12.2. The van der Waals surface area contributed by atoms with Gasteiger partial charge in [-0.1, -0.05) is 6.07 Å². The summed E-state index contributed by atoms with van der Waals surface area (Å²) in [5.74, 6) is 1.28. The Kier molecular flexibility index (Phi) is 3.28. The van der Waals surface area contributed by atoms with Crippen LogP contribution in [0.3, 0.4) is 0 Å². The molecular formula is C14H16N4. The highest BCUT2D eigenvalue weighted by molar-refractivity contribution is 5.48. The third kappa shape index (κ3) is 2.38. The molecule has 0 atom stereocenters. The number of pyridine rings is 1. The summed E-state index contributed by atoms with van der Waals surface area (Å²) >= 11 is 0. The van der Waals surface area contributed by atoms with Crippen molar-refractivity contribution in [2.45, 2.75) is 18.8 Å². The van der Waals surface area contributed by atoms with Crippen LogP contribution in [-0.4, -0.2) is 28.0 Å². The Labute approximate surface area is 107 Å². The fraction of sp³-hybridized carbons (Fsp3) is 0.357. The van der Waals surface area contributed by atoms with Gasteiger partial charge in [0, 0.05) is 24.0 Å². The maximum Gasteiger partial charge on any atom is 0.178 e. The molecular weight excluding hydrogens is 224 g/mol. The molecule has 0 saturated carbocycles. The van der Waals surface area contributed by atoms with Crippen LogP contribution in [0, 0.1) is 0 Å². The Bertz CT molecular complexity index is 506. The number of nitrogens with one attached hydrogen (secondary N) is 1. The predicted molar refractivity (Wildman–Crippen MR) is 70.1 cm³/mol. The summed E-state index contributed by atoms with van der Waals surface area (Å²) in [6.07, 6.45) is 5.92. The summed E-state index contributed by atoms with van der Waals surface area (Å²) in [6, 6.07) is 7.84. The first-order valence-corrected chi connectivity index (χ1v) is 6.38. The molecule has 1 aliphatic rings. The van der Waals surface area contributed by atoms with Crippen LogP contribution < -0.4 is 5.32 Å². The van der Waals surface area contributed by atoms with E-state index in [0.29, 0.717) is 5.92 Å². The fourth-order valence-corrected chi connectivity index (χ4v) is 2.34. The highest BCUT2D eigenvalue weighted by Gasteiger charge is 2.17. The molecule has 1 fully saturated rings. The predicted octanol–water partition coefficient (Wildman–Crippen LogP) is 2.01. The Morgan fingerprint density at radius 2 is 1.89 bits per heavy atom. The summed E-state index contributed by atoms with van der Waals surface area (Å²) in [4.78, 5) is 13.3. The van der Waals surface area contributed by atoms with Crippen molar-refractivity contribution in [3.05, 3.63) is 42.4 Å². The maximum atomic E-state index is 4.67. The molecule has 1 aliphatic heterocycles. The van der Waals surface area contributed by atoms with Crippen molar-refractivity contribution < 1.29 is 0 Å². The number of piperidine rings is 1. The van der Waals surface area contributed by atoms with Crippen LogP contribution in [-0.2, 0) is 0 Å². The maximum absolute atomic E-state index is 4.67. The second-order valence-electron chi connectivity index (χ2n) is 4.54. The smallest absolute Gasteiger partial charge is 0.178 e. The van der Waals surface area contributed by atoms with Gasteiger partial charge in [0.2, 0.25) is 0 Å². The van der Waals surface area contributed by atoms with E-state index in [0.717, 1.165) is 43.1 Å². The lowest BCUT2D eigenvalue weighted by molar-refractivity contribution is 0.453. The van der Waals surface area contributed by atoms with E-state index >= 15 is 0 Å². The van der Waals surface area contributed by atoms with Crippen molar-refractivity contribution in [3.8, 4) is 11.5 Å². The van der Waals surface area contributed by atoms with Gasteiger partial charge in [-0.3, -0.25) is 4.98 Å². The zero-order valence-corrected chi connectivity index (χ0v) is 10.2. The number of hydrogen-bond donors (Lipinski definition) is 1. The number of aromatic nitrogens is 3.